The topological polar surface area (TPSA) is 29.9 Å². The fourth-order valence-electron chi connectivity index (χ4n) is 1.91. The average molecular weight is 193 g/mol. The van der Waals surface area contributed by atoms with Gasteiger partial charge in [0, 0.05) is 30.4 Å². The van der Waals surface area contributed by atoms with Crippen LogP contribution >= 0.6 is 0 Å². The largest absolute Gasteiger partial charge is 0.307 e. The van der Waals surface area contributed by atoms with E-state index in [9.17, 15) is 0 Å². The molecule has 1 aliphatic carbocycles. The van der Waals surface area contributed by atoms with Gasteiger partial charge in [0.1, 0.15) is 0 Å². The molecule has 1 aliphatic rings. The highest BCUT2D eigenvalue weighted by Gasteiger charge is 2.33. The van der Waals surface area contributed by atoms with Gasteiger partial charge in [0.2, 0.25) is 0 Å². The van der Waals surface area contributed by atoms with E-state index in [1.165, 1.54) is 17.7 Å². The van der Waals surface area contributed by atoms with E-state index >= 15 is 0 Å². The molecule has 1 saturated carbocycles. The second-order valence-electron chi connectivity index (χ2n) is 4.52. The number of hydrogen-bond donors (Lipinski definition) is 1. The van der Waals surface area contributed by atoms with Crippen molar-refractivity contribution in [3.63, 3.8) is 0 Å². The molecular formula is C11H19N3. The Morgan fingerprint density at radius 3 is 2.71 bits per heavy atom. The molecule has 14 heavy (non-hydrogen) atoms. The summed E-state index contributed by atoms with van der Waals surface area (Å²) in [6.07, 6.45) is 3.30. The maximum absolute atomic E-state index is 4.26. The van der Waals surface area contributed by atoms with Gasteiger partial charge in [-0.3, -0.25) is 4.68 Å². The maximum Gasteiger partial charge on any atom is 0.0540 e. The van der Waals surface area contributed by atoms with Crippen molar-refractivity contribution >= 4 is 0 Å². The molecule has 3 heteroatoms. The first-order chi connectivity index (χ1) is 6.59. The predicted octanol–water partition coefficient (Wildman–Crippen LogP) is 1.79. The maximum atomic E-state index is 4.26. The Hall–Kier alpha value is -0.830. The van der Waals surface area contributed by atoms with Crippen LogP contribution in [0.1, 0.15) is 37.6 Å². The minimum Gasteiger partial charge on any atom is -0.307 e. The van der Waals surface area contributed by atoms with Crippen molar-refractivity contribution in [2.24, 2.45) is 13.0 Å². The van der Waals surface area contributed by atoms with Crippen molar-refractivity contribution < 1.29 is 0 Å². The molecule has 1 N–H and O–H groups in total. The number of nitrogens with zero attached hydrogens (tertiary/aromatic N) is 2. The summed E-state index contributed by atoms with van der Waals surface area (Å²) in [5.74, 6) is 0.856. The highest BCUT2D eigenvalue weighted by Crippen LogP contribution is 2.31. The third-order valence-corrected chi connectivity index (χ3v) is 3.31. The van der Waals surface area contributed by atoms with Gasteiger partial charge in [-0.2, -0.15) is 5.10 Å². The molecule has 3 nitrogen and oxygen atoms in total. The van der Waals surface area contributed by atoms with Crippen LogP contribution in [0.4, 0.5) is 0 Å². The van der Waals surface area contributed by atoms with E-state index in [4.69, 9.17) is 0 Å². The summed E-state index contributed by atoms with van der Waals surface area (Å²) in [4.78, 5) is 0. The summed E-state index contributed by atoms with van der Waals surface area (Å²) in [5, 5.41) is 7.88. The van der Waals surface area contributed by atoms with Gasteiger partial charge < -0.3 is 5.32 Å². The lowest BCUT2D eigenvalue weighted by molar-refractivity contribution is 0.548. The first-order valence-electron chi connectivity index (χ1n) is 5.34. The van der Waals surface area contributed by atoms with E-state index in [0.29, 0.717) is 6.04 Å². The number of aryl methyl sites for hydroxylation is 1. The van der Waals surface area contributed by atoms with E-state index in [1.54, 1.807) is 0 Å². The van der Waals surface area contributed by atoms with Crippen molar-refractivity contribution in [3.8, 4) is 0 Å². The number of nitrogens with one attached hydrogen (secondary N) is 1. The SMILES string of the molecule is Cc1c(C(C)NC2CC2C)cnn1C. The molecule has 0 saturated heterocycles. The molecule has 0 radical (unpaired) electrons. The predicted molar refractivity (Wildman–Crippen MR) is 57.1 cm³/mol. The zero-order valence-electron chi connectivity index (χ0n) is 9.41. The van der Waals surface area contributed by atoms with Gasteiger partial charge in [0.15, 0.2) is 0 Å². The average Bonchev–Trinajstić information content (AvgIpc) is 2.70. The van der Waals surface area contributed by atoms with Gasteiger partial charge in [-0.05, 0) is 26.2 Å². The van der Waals surface area contributed by atoms with Crippen LogP contribution in [-0.2, 0) is 7.05 Å². The Bertz CT molecular complexity index is 329. The molecule has 3 unspecified atom stereocenters. The molecule has 1 aromatic rings. The molecule has 0 bridgehead atoms. The van der Waals surface area contributed by atoms with Gasteiger partial charge in [-0.1, -0.05) is 6.92 Å². The first-order valence-corrected chi connectivity index (χ1v) is 5.34. The van der Waals surface area contributed by atoms with Crippen molar-refractivity contribution in [3.05, 3.63) is 17.5 Å². The first kappa shape index (κ1) is 9.71. The van der Waals surface area contributed by atoms with Gasteiger partial charge >= 0.3 is 0 Å². The third kappa shape index (κ3) is 1.69. The second kappa shape index (κ2) is 3.39. The quantitative estimate of drug-likeness (QED) is 0.793. The van der Waals surface area contributed by atoms with Gasteiger partial charge in [-0.15, -0.1) is 0 Å². The third-order valence-electron chi connectivity index (χ3n) is 3.31. The second-order valence-corrected chi connectivity index (χ2v) is 4.52. The fraction of sp³-hybridized carbons (Fsp3) is 0.727. The Labute approximate surface area is 85.5 Å². The van der Waals surface area contributed by atoms with E-state index in [1.807, 2.05) is 17.9 Å². The molecule has 1 fully saturated rings. The monoisotopic (exact) mass is 193 g/mol. The minimum absolute atomic E-state index is 0.429. The highest BCUT2D eigenvalue weighted by molar-refractivity contribution is 5.20. The molecule has 3 atom stereocenters. The Morgan fingerprint density at radius 2 is 2.29 bits per heavy atom. The standard InChI is InChI=1S/C11H19N3/c1-7-5-11(7)13-8(2)10-6-12-14(4)9(10)3/h6-8,11,13H,5H2,1-4H3. The highest BCUT2D eigenvalue weighted by atomic mass is 15.3. The summed E-state index contributed by atoms with van der Waals surface area (Å²) in [5.41, 5.74) is 2.59. The lowest BCUT2D eigenvalue weighted by Gasteiger charge is -2.13. The van der Waals surface area contributed by atoms with Crippen LogP contribution in [0.15, 0.2) is 6.20 Å². The van der Waals surface area contributed by atoms with Crippen molar-refractivity contribution in [2.45, 2.75) is 39.3 Å². The summed E-state index contributed by atoms with van der Waals surface area (Å²) in [6, 6.07) is 1.16. The Kier molecular flexibility index (Phi) is 2.35. The van der Waals surface area contributed by atoms with E-state index in [0.717, 1.165) is 12.0 Å². The van der Waals surface area contributed by atoms with E-state index < -0.39 is 0 Å². The van der Waals surface area contributed by atoms with E-state index in [-0.39, 0.29) is 0 Å². The molecule has 1 heterocycles. The smallest absolute Gasteiger partial charge is 0.0540 e. The Morgan fingerprint density at radius 1 is 1.64 bits per heavy atom. The van der Waals surface area contributed by atoms with Crippen LogP contribution in [-0.4, -0.2) is 15.8 Å². The fourth-order valence-corrected chi connectivity index (χ4v) is 1.91. The van der Waals surface area contributed by atoms with Crippen molar-refractivity contribution in [1.82, 2.24) is 15.1 Å². The van der Waals surface area contributed by atoms with Crippen LogP contribution in [0.3, 0.4) is 0 Å². The van der Waals surface area contributed by atoms with Crippen LogP contribution in [0.2, 0.25) is 0 Å². The molecule has 0 amide bonds. The summed E-state index contributed by atoms with van der Waals surface area (Å²) in [6.45, 7) is 6.63. The zero-order valence-corrected chi connectivity index (χ0v) is 9.41. The van der Waals surface area contributed by atoms with Crippen molar-refractivity contribution in [1.29, 1.82) is 0 Å². The molecule has 2 rings (SSSR count). The van der Waals surface area contributed by atoms with Crippen LogP contribution in [0.5, 0.6) is 0 Å². The normalized spacial score (nSPS) is 27.7. The lowest BCUT2D eigenvalue weighted by Crippen LogP contribution is -2.22. The molecular weight excluding hydrogens is 174 g/mol. The summed E-state index contributed by atoms with van der Waals surface area (Å²) < 4.78 is 1.93. The number of hydrogen-bond acceptors (Lipinski definition) is 2. The lowest BCUT2D eigenvalue weighted by atomic mass is 10.1. The summed E-state index contributed by atoms with van der Waals surface area (Å²) >= 11 is 0. The molecule has 1 aromatic heterocycles. The van der Waals surface area contributed by atoms with Gasteiger partial charge in [-0.25, -0.2) is 0 Å². The zero-order chi connectivity index (χ0) is 10.3. The minimum atomic E-state index is 0.429. The van der Waals surface area contributed by atoms with Crippen LogP contribution in [0.25, 0.3) is 0 Å². The molecule has 0 aromatic carbocycles. The van der Waals surface area contributed by atoms with Gasteiger partial charge in [0.05, 0.1) is 6.20 Å². The molecule has 0 aliphatic heterocycles. The summed E-state index contributed by atoms with van der Waals surface area (Å²) in [7, 11) is 1.99. The Balaban J connectivity index is 2.03. The van der Waals surface area contributed by atoms with E-state index in [2.05, 4.69) is 31.2 Å². The van der Waals surface area contributed by atoms with Crippen molar-refractivity contribution in [2.75, 3.05) is 0 Å². The van der Waals surface area contributed by atoms with Gasteiger partial charge in [0.25, 0.3) is 0 Å². The number of aromatic nitrogens is 2. The molecule has 78 valence electrons. The molecule has 0 spiro atoms. The van der Waals surface area contributed by atoms with Crippen LogP contribution < -0.4 is 5.32 Å². The van der Waals surface area contributed by atoms with Crippen LogP contribution in [0, 0.1) is 12.8 Å². The number of rotatable bonds is 3.